The highest BCUT2D eigenvalue weighted by molar-refractivity contribution is 5.81. The molecule has 1 saturated carbocycles. The lowest BCUT2D eigenvalue weighted by molar-refractivity contribution is -0.147. The summed E-state index contributed by atoms with van der Waals surface area (Å²) in [7, 11) is 1.77. The number of allylic oxidation sites excluding steroid dienone is 2. The van der Waals surface area contributed by atoms with Crippen molar-refractivity contribution in [3.63, 3.8) is 0 Å². The second kappa shape index (κ2) is 12.7. The highest BCUT2D eigenvalue weighted by atomic mass is 16.6. The zero-order valence-electron chi connectivity index (χ0n) is 24.0. The molecular formula is C30H45N3O5. The maximum absolute atomic E-state index is 13.8. The van der Waals surface area contributed by atoms with Crippen LogP contribution in [0.4, 0.5) is 4.79 Å². The molecule has 38 heavy (non-hydrogen) atoms. The summed E-state index contributed by atoms with van der Waals surface area (Å²) in [4.78, 5) is 45.8. The molecule has 1 unspecified atom stereocenters. The standard InChI is InChI=1S/C30H45N3O5/c1-8-10-11-24-20(3)23-16-17-33(25(27(23)31-24)18-26(34)37-9-2)28(35)22-14-12-21(13-15-22)19-32(7)29(36)38-30(4,5)6/h8,10-11,21-22,25,31H,1,9,12-19H2,2-7H3/b11-10-. The quantitative estimate of drug-likeness (QED) is 0.352. The van der Waals surface area contributed by atoms with E-state index in [1.165, 1.54) is 5.56 Å². The number of nitrogens with one attached hydrogen (secondary N) is 1. The summed E-state index contributed by atoms with van der Waals surface area (Å²) in [6, 6.07) is -0.370. The smallest absolute Gasteiger partial charge is 0.410 e. The summed E-state index contributed by atoms with van der Waals surface area (Å²) in [6.07, 6.45) is 9.46. The van der Waals surface area contributed by atoms with Gasteiger partial charge in [-0.25, -0.2) is 4.79 Å². The van der Waals surface area contributed by atoms with Crippen LogP contribution in [0, 0.1) is 18.8 Å². The van der Waals surface area contributed by atoms with E-state index >= 15 is 0 Å². The molecule has 8 nitrogen and oxygen atoms in total. The van der Waals surface area contributed by atoms with Crippen LogP contribution in [0.25, 0.3) is 6.08 Å². The van der Waals surface area contributed by atoms with E-state index in [0.717, 1.165) is 49.1 Å². The Kier molecular flexibility index (Phi) is 9.85. The number of carbonyl (C=O) groups excluding carboxylic acids is 3. The predicted octanol–water partition coefficient (Wildman–Crippen LogP) is 5.57. The minimum absolute atomic E-state index is 0.0829. The molecule has 8 heteroatoms. The largest absolute Gasteiger partial charge is 0.466 e. The normalized spacial score (nSPS) is 21.6. The fourth-order valence-electron chi connectivity index (χ4n) is 5.64. The number of esters is 1. The molecule has 1 N–H and O–H groups in total. The monoisotopic (exact) mass is 527 g/mol. The van der Waals surface area contributed by atoms with E-state index in [1.54, 1.807) is 24.9 Å². The number of ether oxygens (including phenoxy) is 2. The number of nitrogens with zero attached hydrogens (tertiary/aromatic N) is 2. The molecule has 1 aromatic heterocycles. The van der Waals surface area contributed by atoms with E-state index in [4.69, 9.17) is 9.47 Å². The van der Waals surface area contributed by atoms with E-state index in [0.29, 0.717) is 25.6 Å². The van der Waals surface area contributed by atoms with Crippen LogP contribution in [-0.4, -0.2) is 65.1 Å². The molecule has 0 saturated heterocycles. The van der Waals surface area contributed by atoms with Crippen molar-refractivity contribution in [2.75, 3.05) is 26.7 Å². The zero-order valence-corrected chi connectivity index (χ0v) is 24.0. The van der Waals surface area contributed by atoms with Crippen LogP contribution in [0.2, 0.25) is 0 Å². The van der Waals surface area contributed by atoms with Gasteiger partial charge in [0, 0.05) is 37.4 Å². The fourth-order valence-corrected chi connectivity index (χ4v) is 5.64. The maximum atomic E-state index is 13.8. The Balaban J connectivity index is 1.70. The van der Waals surface area contributed by atoms with Crippen LogP contribution in [0.5, 0.6) is 0 Å². The van der Waals surface area contributed by atoms with Crippen molar-refractivity contribution in [3.8, 4) is 0 Å². The van der Waals surface area contributed by atoms with Gasteiger partial charge in [0.2, 0.25) is 5.91 Å². The molecule has 210 valence electrons. The first-order valence-corrected chi connectivity index (χ1v) is 13.9. The lowest BCUT2D eigenvalue weighted by atomic mass is 9.80. The third kappa shape index (κ3) is 7.29. The van der Waals surface area contributed by atoms with Crippen molar-refractivity contribution < 1.29 is 23.9 Å². The molecule has 1 aromatic rings. The van der Waals surface area contributed by atoms with Crippen LogP contribution in [0.3, 0.4) is 0 Å². The fraction of sp³-hybridized carbons (Fsp3) is 0.633. The predicted molar refractivity (Wildman–Crippen MR) is 148 cm³/mol. The van der Waals surface area contributed by atoms with Crippen LogP contribution < -0.4 is 0 Å². The molecule has 0 aromatic carbocycles. The van der Waals surface area contributed by atoms with Crippen molar-refractivity contribution in [2.45, 2.75) is 84.8 Å². The van der Waals surface area contributed by atoms with Crippen molar-refractivity contribution in [3.05, 3.63) is 41.2 Å². The van der Waals surface area contributed by atoms with Gasteiger partial charge in [0.05, 0.1) is 19.1 Å². The Morgan fingerprint density at radius 3 is 2.47 bits per heavy atom. The van der Waals surface area contributed by atoms with E-state index in [9.17, 15) is 14.4 Å². The molecule has 1 aliphatic heterocycles. The van der Waals surface area contributed by atoms with Crippen molar-refractivity contribution in [2.24, 2.45) is 11.8 Å². The average Bonchev–Trinajstić information content (AvgIpc) is 3.18. The van der Waals surface area contributed by atoms with Crippen LogP contribution >= 0.6 is 0 Å². The first kappa shape index (κ1) is 29.5. The lowest BCUT2D eigenvalue weighted by Gasteiger charge is -2.39. The van der Waals surface area contributed by atoms with Crippen LogP contribution in [-0.2, 0) is 25.5 Å². The van der Waals surface area contributed by atoms with Crippen molar-refractivity contribution in [1.29, 1.82) is 0 Å². The zero-order chi connectivity index (χ0) is 28.0. The number of aromatic nitrogens is 1. The minimum atomic E-state index is -0.524. The number of hydrogen-bond acceptors (Lipinski definition) is 5. The van der Waals surface area contributed by atoms with Crippen molar-refractivity contribution in [1.82, 2.24) is 14.8 Å². The molecule has 2 heterocycles. The van der Waals surface area contributed by atoms with Gasteiger partial charge in [0.15, 0.2) is 0 Å². The number of carbonyl (C=O) groups is 3. The Labute approximate surface area is 227 Å². The summed E-state index contributed by atoms with van der Waals surface area (Å²) in [5.41, 5.74) is 3.72. The number of rotatable bonds is 8. The molecule has 0 spiro atoms. The molecule has 1 fully saturated rings. The Morgan fingerprint density at radius 1 is 1.18 bits per heavy atom. The van der Waals surface area contributed by atoms with Gasteiger partial charge >= 0.3 is 12.1 Å². The SMILES string of the molecule is C=C/C=C\c1[nH]c2c(c1C)CCN(C(=O)C1CCC(CN(C)C(=O)OC(C)(C)C)CC1)C2CC(=O)OCC. The van der Waals surface area contributed by atoms with Gasteiger partial charge in [0.1, 0.15) is 5.60 Å². The van der Waals surface area contributed by atoms with Gasteiger partial charge in [-0.3, -0.25) is 9.59 Å². The molecule has 2 aliphatic rings. The second-order valence-corrected chi connectivity index (χ2v) is 11.5. The van der Waals surface area contributed by atoms with E-state index < -0.39 is 5.60 Å². The first-order valence-electron chi connectivity index (χ1n) is 13.9. The molecule has 1 aliphatic carbocycles. The molecule has 0 radical (unpaired) electrons. The lowest BCUT2D eigenvalue weighted by Crippen LogP contribution is -2.45. The summed E-state index contributed by atoms with van der Waals surface area (Å²) in [5, 5.41) is 0. The summed E-state index contributed by atoms with van der Waals surface area (Å²) in [5.74, 6) is 0.0671. The summed E-state index contributed by atoms with van der Waals surface area (Å²) >= 11 is 0. The van der Waals surface area contributed by atoms with Crippen LogP contribution in [0.15, 0.2) is 18.7 Å². The molecule has 3 rings (SSSR count). The Morgan fingerprint density at radius 2 is 1.87 bits per heavy atom. The van der Waals surface area contributed by atoms with Gasteiger partial charge < -0.3 is 24.3 Å². The highest BCUT2D eigenvalue weighted by Crippen LogP contribution is 2.39. The number of aromatic amines is 1. The number of H-pyrrole nitrogens is 1. The number of amides is 2. The summed E-state index contributed by atoms with van der Waals surface area (Å²) in [6.45, 7) is 14.7. The van der Waals surface area contributed by atoms with Crippen LogP contribution in [0.1, 0.15) is 88.4 Å². The third-order valence-electron chi connectivity index (χ3n) is 7.54. The molecule has 0 bridgehead atoms. The molecule has 2 amide bonds. The van der Waals surface area contributed by atoms with Gasteiger partial charge in [-0.1, -0.05) is 18.7 Å². The molecular weight excluding hydrogens is 482 g/mol. The Bertz CT molecular complexity index is 1040. The van der Waals surface area contributed by atoms with Crippen molar-refractivity contribution >= 4 is 24.0 Å². The van der Waals surface area contributed by atoms with Gasteiger partial charge in [-0.15, -0.1) is 0 Å². The number of fused-ring (bicyclic) bond motifs is 1. The first-order chi connectivity index (χ1) is 17.9. The topological polar surface area (TPSA) is 91.9 Å². The second-order valence-electron chi connectivity index (χ2n) is 11.5. The van der Waals surface area contributed by atoms with E-state index in [1.807, 2.05) is 37.8 Å². The van der Waals surface area contributed by atoms with E-state index in [-0.39, 0.29) is 36.4 Å². The highest BCUT2D eigenvalue weighted by Gasteiger charge is 2.39. The van der Waals surface area contributed by atoms with Gasteiger partial charge in [-0.05, 0) is 89.8 Å². The van der Waals surface area contributed by atoms with Gasteiger partial charge in [-0.2, -0.15) is 0 Å². The summed E-state index contributed by atoms with van der Waals surface area (Å²) < 4.78 is 10.8. The number of hydrogen-bond donors (Lipinski definition) is 1. The average molecular weight is 528 g/mol. The van der Waals surface area contributed by atoms with Gasteiger partial charge in [0.25, 0.3) is 0 Å². The third-order valence-corrected chi connectivity index (χ3v) is 7.54. The molecule has 1 atom stereocenters. The maximum Gasteiger partial charge on any atom is 0.410 e. The Hall–Kier alpha value is -3.03. The minimum Gasteiger partial charge on any atom is -0.466 e. The van der Waals surface area contributed by atoms with E-state index in [2.05, 4.69) is 18.5 Å².